The number of nitrogens with zero attached hydrogens (tertiary/aromatic N) is 1. The summed E-state index contributed by atoms with van der Waals surface area (Å²) in [6, 6.07) is 16.4. The zero-order valence-corrected chi connectivity index (χ0v) is 14.7. The molecular weight excluding hydrogens is 334 g/mol. The van der Waals surface area contributed by atoms with Crippen LogP contribution in [0.15, 0.2) is 72.7 Å². The Balaban J connectivity index is 2.25. The van der Waals surface area contributed by atoms with Crippen molar-refractivity contribution in [3.8, 4) is 0 Å². The second-order valence-corrected chi connectivity index (χ2v) is 7.54. The third kappa shape index (κ3) is 5.13. The molecule has 2 nitrogen and oxygen atoms in total. The molecule has 0 saturated carbocycles. The molecule has 0 atom stereocenters. The molecule has 0 unspecified atom stereocenters. The Labute approximate surface area is 144 Å². The monoisotopic (exact) mass is 349 g/mol. The van der Waals surface area contributed by atoms with Crippen LogP contribution in [-0.2, 0) is 0 Å². The van der Waals surface area contributed by atoms with Crippen molar-refractivity contribution in [1.29, 1.82) is 0 Å². The van der Waals surface area contributed by atoms with Crippen LogP contribution in [0.3, 0.4) is 0 Å². The van der Waals surface area contributed by atoms with E-state index in [4.69, 9.17) is 16.8 Å². The first kappa shape index (κ1) is 17.0. The number of hydrogen-bond acceptors (Lipinski definition) is 4. The summed E-state index contributed by atoms with van der Waals surface area (Å²) < 4.78 is 0.868. The Morgan fingerprint density at radius 3 is 1.68 bits per heavy atom. The summed E-state index contributed by atoms with van der Waals surface area (Å²) in [6.45, 7) is 4.11. The van der Waals surface area contributed by atoms with E-state index in [9.17, 15) is 0 Å². The molecule has 0 bridgehead atoms. The average Bonchev–Trinajstić information content (AvgIpc) is 2.51. The van der Waals surface area contributed by atoms with Crippen molar-refractivity contribution in [3.05, 3.63) is 68.9 Å². The lowest BCUT2D eigenvalue weighted by Gasteiger charge is -2.09. The molecule has 0 spiro atoms. The molecule has 22 heavy (non-hydrogen) atoms. The molecule has 0 saturated heterocycles. The van der Waals surface area contributed by atoms with Gasteiger partial charge in [-0.15, -0.1) is 0 Å². The van der Waals surface area contributed by atoms with Gasteiger partial charge in [-0.05, 0) is 38.1 Å². The van der Waals surface area contributed by atoms with Gasteiger partial charge < -0.3 is 5.21 Å². The first-order valence-electron chi connectivity index (χ1n) is 6.65. The summed E-state index contributed by atoms with van der Waals surface area (Å²) in [4.78, 5) is 2.18. The van der Waals surface area contributed by atoms with E-state index in [1.165, 1.54) is 17.3 Å². The Bertz CT molecular complexity index is 629. The van der Waals surface area contributed by atoms with Gasteiger partial charge >= 0.3 is 0 Å². The van der Waals surface area contributed by atoms with Crippen molar-refractivity contribution >= 4 is 41.3 Å². The standard InChI is InChI=1S/C17H16ClNOS2/c1-12-3-7-14(8-4-12)21-17(16(18)11-19-20)22-15-9-5-13(2)6-10-15/h3-11,20H,1-2H3. The minimum atomic E-state index is 0.415. The number of hydrogen-bond donors (Lipinski definition) is 1. The van der Waals surface area contributed by atoms with E-state index in [0.29, 0.717) is 5.03 Å². The van der Waals surface area contributed by atoms with E-state index in [0.717, 1.165) is 14.0 Å². The summed E-state index contributed by atoms with van der Waals surface area (Å²) in [7, 11) is 0. The molecule has 0 aliphatic rings. The molecule has 1 N–H and O–H groups in total. The molecule has 0 heterocycles. The number of oxime groups is 1. The summed E-state index contributed by atoms with van der Waals surface area (Å²) in [6.07, 6.45) is 1.25. The van der Waals surface area contributed by atoms with Crippen LogP contribution in [0.1, 0.15) is 11.1 Å². The van der Waals surface area contributed by atoms with E-state index in [1.54, 1.807) is 23.5 Å². The molecule has 0 aliphatic carbocycles. The van der Waals surface area contributed by atoms with Gasteiger partial charge in [-0.1, -0.05) is 75.7 Å². The van der Waals surface area contributed by atoms with Crippen LogP contribution in [-0.4, -0.2) is 11.4 Å². The van der Waals surface area contributed by atoms with E-state index in [1.807, 2.05) is 0 Å². The van der Waals surface area contributed by atoms with Crippen LogP contribution in [0, 0.1) is 13.8 Å². The highest BCUT2D eigenvalue weighted by atomic mass is 35.5. The molecule has 0 aliphatic heterocycles. The third-order valence-electron chi connectivity index (χ3n) is 2.83. The summed E-state index contributed by atoms with van der Waals surface area (Å²) in [5.41, 5.74) is 2.42. The minimum absolute atomic E-state index is 0.415. The van der Waals surface area contributed by atoms with Gasteiger partial charge in [0.1, 0.15) is 0 Å². The van der Waals surface area contributed by atoms with Crippen molar-refractivity contribution in [1.82, 2.24) is 0 Å². The summed E-state index contributed by atoms with van der Waals surface area (Å²) >= 11 is 9.34. The van der Waals surface area contributed by atoms with E-state index in [-0.39, 0.29) is 0 Å². The molecule has 2 rings (SSSR count). The van der Waals surface area contributed by atoms with Crippen molar-refractivity contribution < 1.29 is 5.21 Å². The van der Waals surface area contributed by atoms with Crippen LogP contribution in [0.4, 0.5) is 0 Å². The van der Waals surface area contributed by atoms with Gasteiger partial charge in [0.2, 0.25) is 0 Å². The SMILES string of the molecule is Cc1ccc(SC(Sc2ccc(C)cc2)=C(Cl)C=NO)cc1. The third-order valence-corrected chi connectivity index (χ3v) is 5.67. The summed E-state index contributed by atoms with van der Waals surface area (Å²) in [5, 5.41) is 12.2. The molecular formula is C17H16ClNOS2. The zero-order chi connectivity index (χ0) is 15.9. The van der Waals surface area contributed by atoms with Gasteiger partial charge in [-0.2, -0.15) is 0 Å². The Morgan fingerprint density at radius 2 is 1.32 bits per heavy atom. The number of benzene rings is 2. The maximum absolute atomic E-state index is 8.72. The number of halogens is 1. The van der Waals surface area contributed by atoms with Crippen molar-refractivity contribution in [3.63, 3.8) is 0 Å². The number of allylic oxidation sites excluding steroid dienone is 1. The largest absolute Gasteiger partial charge is 0.411 e. The number of rotatable bonds is 5. The van der Waals surface area contributed by atoms with Crippen LogP contribution >= 0.6 is 35.1 Å². The van der Waals surface area contributed by atoms with Gasteiger partial charge in [0.15, 0.2) is 0 Å². The Hall–Kier alpha value is -1.36. The summed E-state index contributed by atoms with van der Waals surface area (Å²) in [5.74, 6) is 0. The highest BCUT2D eigenvalue weighted by molar-refractivity contribution is 8.22. The predicted octanol–water partition coefficient (Wildman–Crippen LogP) is 6.06. The zero-order valence-electron chi connectivity index (χ0n) is 12.3. The predicted molar refractivity (Wildman–Crippen MR) is 97.2 cm³/mol. The quantitative estimate of drug-likeness (QED) is 0.308. The second-order valence-electron chi connectivity index (χ2n) is 4.71. The van der Waals surface area contributed by atoms with Crippen molar-refractivity contribution in [2.24, 2.45) is 5.16 Å². The Morgan fingerprint density at radius 1 is 0.909 bits per heavy atom. The highest BCUT2D eigenvalue weighted by Crippen LogP contribution is 2.41. The lowest BCUT2D eigenvalue weighted by molar-refractivity contribution is 0.322. The van der Waals surface area contributed by atoms with Crippen molar-refractivity contribution in [2.75, 3.05) is 0 Å². The van der Waals surface area contributed by atoms with E-state index < -0.39 is 0 Å². The molecule has 0 radical (unpaired) electrons. The van der Waals surface area contributed by atoms with Gasteiger partial charge in [-0.25, -0.2) is 0 Å². The Kier molecular flexibility index (Phi) is 6.43. The normalized spacial score (nSPS) is 10.9. The van der Waals surface area contributed by atoms with Gasteiger partial charge in [0, 0.05) is 9.79 Å². The lowest BCUT2D eigenvalue weighted by Crippen LogP contribution is -1.83. The van der Waals surface area contributed by atoms with E-state index in [2.05, 4.69) is 67.5 Å². The molecule has 114 valence electrons. The molecule has 2 aromatic carbocycles. The number of aryl methyl sites for hydroxylation is 2. The van der Waals surface area contributed by atoms with Crippen LogP contribution < -0.4 is 0 Å². The van der Waals surface area contributed by atoms with Gasteiger partial charge in [0.25, 0.3) is 0 Å². The van der Waals surface area contributed by atoms with Crippen LogP contribution in [0.2, 0.25) is 0 Å². The molecule has 2 aromatic rings. The highest BCUT2D eigenvalue weighted by Gasteiger charge is 2.09. The second kappa shape index (κ2) is 8.32. The maximum Gasteiger partial charge on any atom is 0.0864 e. The average molecular weight is 350 g/mol. The fourth-order valence-corrected chi connectivity index (χ4v) is 3.94. The van der Waals surface area contributed by atoms with Gasteiger partial charge in [0.05, 0.1) is 15.5 Å². The molecule has 0 aromatic heterocycles. The molecule has 0 fully saturated rings. The van der Waals surface area contributed by atoms with Gasteiger partial charge in [-0.3, -0.25) is 0 Å². The topological polar surface area (TPSA) is 32.6 Å². The van der Waals surface area contributed by atoms with Crippen molar-refractivity contribution in [2.45, 2.75) is 23.6 Å². The fraction of sp³-hybridized carbons (Fsp3) is 0.118. The van der Waals surface area contributed by atoms with E-state index >= 15 is 0 Å². The number of thioether (sulfide) groups is 2. The smallest absolute Gasteiger partial charge is 0.0864 e. The fourth-order valence-electron chi connectivity index (χ4n) is 1.65. The first-order chi connectivity index (χ1) is 10.6. The maximum atomic E-state index is 8.72. The lowest BCUT2D eigenvalue weighted by atomic mass is 10.2. The molecule has 5 heteroatoms. The minimum Gasteiger partial charge on any atom is -0.411 e. The molecule has 0 amide bonds. The van der Waals surface area contributed by atoms with Crippen LogP contribution in [0.5, 0.6) is 0 Å². The first-order valence-corrected chi connectivity index (χ1v) is 8.66. The van der Waals surface area contributed by atoms with Crippen LogP contribution in [0.25, 0.3) is 0 Å².